The van der Waals surface area contributed by atoms with E-state index >= 15 is 13.2 Å². The van der Waals surface area contributed by atoms with E-state index in [1.165, 1.54) is 21.7 Å². The molecule has 4 aliphatic rings. The molecular formula is C55H52F4N8O6. The number of carbonyl (C=O) groups excluding carboxylic acids is 4. The standard InChI is InChI=1S/C55H52F4N8O6/c1-30-21-31(27-60-52(30)70)22-46(68)66-28-36(56)24-44(66)53(71)64-49(34-11-6-3-7-12-34)42-19-17-39(51(59)62-42)40-26-43(40)65-20-8-13-35(55(65)73)23-47(69)67-29-37(57)25-45(67)54(72)63-48(33-9-4-2-5-10-33)41-18-16-38(32-14-15-32)50(58)61-41/h2-13,16-21,27,32,36-37,40,43-45,48-49H,14-15,22-26,28-29H2,1H3,(H,60,70)(H,63,72)(H,64,71)/t36-,37-,40?,43?,44+,45+,48+,49+/m1/s1. The molecule has 2 unspecified atom stereocenters. The first kappa shape index (κ1) is 48.8. The van der Waals surface area contributed by atoms with E-state index < -0.39 is 96.0 Å². The number of carbonyl (C=O) groups is 4. The number of aryl methyl sites for hydroxylation is 1. The molecule has 0 bridgehead atoms. The van der Waals surface area contributed by atoms with Crippen LogP contribution in [-0.4, -0.2) is 90.5 Å². The molecule has 0 radical (unpaired) electrons. The molecule has 6 aromatic rings. The number of amides is 4. The van der Waals surface area contributed by atoms with Gasteiger partial charge in [-0.1, -0.05) is 78.9 Å². The maximum atomic E-state index is 16.2. The molecule has 73 heavy (non-hydrogen) atoms. The normalized spacial score (nSPS) is 22.2. The first-order valence-corrected chi connectivity index (χ1v) is 24.5. The van der Waals surface area contributed by atoms with E-state index in [0.29, 0.717) is 34.2 Å². The van der Waals surface area contributed by atoms with Gasteiger partial charge in [-0.25, -0.2) is 18.7 Å². The number of benzene rings is 2. The SMILES string of the molecule is Cc1cc(CC(=O)N2C[C@H](F)C[C@H]2C(=O)N[C@@H](c2ccccc2)c2ccc(C3CC3n3cccc(CC(=O)N4C[C@H](F)C[C@H]4C(=O)N[C@@H](c4ccccc4)c4ccc(C5CC5)c(F)n4)c3=O)c(F)n2)c[nH]c1=O. The van der Waals surface area contributed by atoms with E-state index in [1.54, 1.807) is 110 Å². The molecule has 6 heterocycles. The second kappa shape index (κ2) is 20.4. The Morgan fingerprint density at radius 3 is 1.74 bits per heavy atom. The molecule has 18 heteroatoms. The minimum atomic E-state index is -1.51. The van der Waals surface area contributed by atoms with Crippen LogP contribution in [-0.2, 0) is 32.0 Å². The maximum Gasteiger partial charge on any atom is 0.254 e. The van der Waals surface area contributed by atoms with Crippen LogP contribution in [0.15, 0.2) is 125 Å². The Morgan fingerprint density at radius 2 is 1.22 bits per heavy atom. The van der Waals surface area contributed by atoms with Gasteiger partial charge < -0.3 is 30.0 Å². The zero-order chi connectivity index (χ0) is 51.1. The lowest BCUT2D eigenvalue weighted by Crippen LogP contribution is -2.48. The van der Waals surface area contributed by atoms with Crippen molar-refractivity contribution in [3.05, 3.63) is 198 Å². The van der Waals surface area contributed by atoms with E-state index in [0.717, 1.165) is 17.7 Å². The summed E-state index contributed by atoms with van der Waals surface area (Å²) in [5.41, 5.74) is 2.48. The van der Waals surface area contributed by atoms with Crippen molar-refractivity contribution in [1.29, 1.82) is 0 Å². The van der Waals surface area contributed by atoms with E-state index in [2.05, 4.69) is 25.6 Å². The van der Waals surface area contributed by atoms with Crippen molar-refractivity contribution < 1.29 is 36.7 Å². The van der Waals surface area contributed by atoms with Gasteiger partial charge in [0.05, 0.1) is 49.4 Å². The summed E-state index contributed by atoms with van der Waals surface area (Å²) in [7, 11) is 0. The van der Waals surface area contributed by atoms with Gasteiger partial charge in [0.25, 0.3) is 11.1 Å². The molecular weight excluding hydrogens is 945 g/mol. The summed E-state index contributed by atoms with van der Waals surface area (Å²) in [6.07, 6.45) is 0.969. The van der Waals surface area contributed by atoms with Crippen LogP contribution < -0.4 is 21.8 Å². The number of hydrogen-bond acceptors (Lipinski definition) is 8. The van der Waals surface area contributed by atoms with Gasteiger partial charge in [-0.05, 0) is 73.1 Å². The van der Waals surface area contributed by atoms with E-state index in [-0.39, 0.29) is 66.3 Å². The van der Waals surface area contributed by atoms with Crippen molar-refractivity contribution in [2.24, 2.45) is 0 Å². The zero-order valence-corrected chi connectivity index (χ0v) is 39.7. The summed E-state index contributed by atoms with van der Waals surface area (Å²) < 4.78 is 62.9. The molecule has 0 spiro atoms. The lowest BCUT2D eigenvalue weighted by molar-refractivity contribution is -0.138. The molecule has 10 rings (SSSR count). The number of aromatic nitrogens is 4. The van der Waals surface area contributed by atoms with Crippen LogP contribution in [0.1, 0.15) is 112 Å². The fraction of sp³-hybridized carbons (Fsp3) is 0.345. The van der Waals surface area contributed by atoms with Gasteiger partial charge in [-0.3, -0.25) is 28.8 Å². The summed E-state index contributed by atoms with van der Waals surface area (Å²) in [6.45, 7) is 0.936. The summed E-state index contributed by atoms with van der Waals surface area (Å²) in [6, 6.07) is 23.8. The fourth-order valence-electron chi connectivity index (χ4n) is 10.3. The summed E-state index contributed by atoms with van der Waals surface area (Å²) in [5, 5.41) is 5.78. The third-order valence-electron chi connectivity index (χ3n) is 14.4. The van der Waals surface area contributed by atoms with Gasteiger partial charge in [-0.2, -0.15) is 8.78 Å². The monoisotopic (exact) mass is 996 g/mol. The Bertz CT molecular complexity index is 3210. The number of likely N-dealkylation sites (tertiary alicyclic amines) is 2. The molecule has 8 atom stereocenters. The number of pyridine rings is 4. The topological polar surface area (TPSA) is 179 Å². The number of hydrogen-bond donors (Lipinski definition) is 3. The van der Waals surface area contributed by atoms with Gasteiger partial charge in [0.15, 0.2) is 0 Å². The average molecular weight is 997 g/mol. The number of alkyl halides is 2. The largest absolute Gasteiger partial charge is 0.342 e. The molecule has 4 aromatic heterocycles. The smallest absolute Gasteiger partial charge is 0.254 e. The molecule has 2 saturated carbocycles. The van der Waals surface area contributed by atoms with Crippen LogP contribution in [0.4, 0.5) is 17.6 Å². The molecule has 4 amide bonds. The highest BCUT2D eigenvalue weighted by atomic mass is 19.1. The lowest BCUT2D eigenvalue weighted by Gasteiger charge is -2.27. The minimum Gasteiger partial charge on any atom is -0.342 e. The predicted molar refractivity (Wildman–Crippen MR) is 260 cm³/mol. The van der Waals surface area contributed by atoms with Crippen molar-refractivity contribution in [2.75, 3.05) is 13.1 Å². The highest BCUT2D eigenvalue weighted by molar-refractivity contribution is 5.90. The van der Waals surface area contributed by atoms with Crippen molar-refractivity contribution >= 4 is 23.6 Å². The molecule has 376 valence electrons. The number of H-pyrrole nitrogens is 1. The molecule has 4 fully saturated rings. The first-order valence-electron chi connectivity index (χ1n) is 24.5. The molecule has 2 aromatic carbocycles. The van der Waals surface area contributed by atoms with E-state index in [9.17, 15) is 33.2 Å². The van der Waals surface area contributed by atoms with Crippen LogP contribution in [0.25, 0.3) is 0 Å². The van der Waals surface area contributed by atoms with Crippen LogP contribution in [0.5, 0.6) is 0 Å². The van der Waals surface area contributed by atoms with Crippen molar-refractivity contribution in [2.45, 2.75) is 106 Å². The molecule has 2 aliphatic heterocycles. The number of halogens is 4. The Morgan fingerprint density at radius 1 is 0.685 bits per heavy atom. The average Bonchev–Trinajstić information content (AvgIpc) is 4.31. The lowest BCUT2D eigenvalue weighted by atomic mass is 10.0. The second-order valence-electron chi connectivity index (χ2n) is 19.5. The quantitative estimate of drug-likeness (QED) is 0.0794. The van der Waals surface area contributed by atoms with E-state index in [1.807, 2.05) is 0 Å². The highest BCUT2D eigenvalue weighted by Crippen LogP contribution is 2.51. The molecule has 14 nitrogen and oxygen atoms in total. The summed E-state index contributed by atoms with van der Waals surface area (Å²) in [4.78, 5) is 94.6. The van der Waals surface area contributed by atoms with Crippen LogP contribution in [0.2, 0.25) is 0 Å². The van der Waals surface area contributed by atoms with Crippen LogP contribution >= 0.6 is 0 Å². The van der Waals surface area contributed by atoms with Gasteiger partial charge in [0.2, 0.25) is 35.5 Å². The van der Waals surface area contributed by atoms with E-state index in [4.69, 9.17) is 0 Å². The fourth-order valence-corrected chi connectivity index (χ4v) is 10.3. The number of nitrogens with zero attached hydrogens (tertiary/aromatic N) is 5. The highest BCUT2D eigenvalue weighted by Gasteiger charge is 2.45. The Labute approximate surface area is 416 Å². The summed E-state index contributed by atoms with van der Waals surface area (Å²) in [5.74, 6) is -4.26. The molecule has 2 aliphatic carbocycles. The second-order valence-corrected chi connectivity index (χ2v) is 19.5. The Kier molecular flexibility index (Phi) is 13.6. The van der Waals surface area contributed by atoms with Gasteiger partial charge in [-0.15, -0.1) is 0 Å². The Balaban J connectivity index is 0.818. The molecule has 3 N–H and O–H groups in total. The van der Waals surface area contributed by atoms with Crippen molar-refractivity contribution in [3.8, 4) is 0 Å². The number of aromatic amines is 1. The maximum absolute atomic E-state index is 16.2. The van der Waals surface area contributed by atoms with Crippen LogP contribution in [0.3, 0.4) is 0 Å². The van der Waals surface area contributed by atoms with Gasteiger partial charge in [0, 0.05) is 59.4 Å². The minimum absolute atomic E-state index is 0.0979. The first-order chi connectivity index (χ1) is 35.2. The number of nitrogens with one attached hydrogen (secondary N) is 3. The van der Waals surface area contributed by atoms with Crippen molar-refractivity contribution in [3.63, 3.8) is 0 Å². The third kappa shape index (κ3) is 10.5. The van der Waals surface area contributed by atoms with Gasteiger partial charge >= 0.3 is 0 Å². The third-order valence-corrected chi connectivity index (χ3v) is 14.4. The van der Waals surface area contributed by atoms with Gasteiger partial charge in [0.1, 0.15) is 24.4 Å². The zero-order valence-electron chi connectivity index (χ0n) is 39.7. The number of rotatable bonds is 15. The Hall–Kier alpha value is -7.76. The van der Waals surface area contributed by atoms with Crippen LogP contribution in [0, 0.1) is 18.8 Å². The van der Waals surface area contributed by atoms with Crippen molar-refractivity contribution in [1.82, 2.24) is 40.0 Å². The predicted octanol–water partition coefficient (Wildman–Crippen LogP) is 6.29. The molecule has 2 saturated heterocycles. The summed E-state index contributed by atoms with van der Waals surface area (Å²) >= 11 is 0.